The molecule has 0 N–H and O–H groups in total. The van der Waals surface area contributed by atoms with E-state index in [1.807, 2.05) is 0 Å². The highest BCUT2D eigenvalue weighted by Gasteiger charge is 2.37. The lowest BCUT2D eigenvalue weighted by Crippen LogP contribution is -2.30. The molecule has 0 aromatic heterocycles. The monoisotopic (exact) mass is 707 g/mol. The number of unbranched alkanes of at least 4 members (excludes halogenated alkanes) is 18. The van der Waals surface area contributed by atoms with E-state index in [1.54, 1.807) is 0 Å². The summed E-state index contributed by atoms with van der Waals surface area (Å²) >= 11 is 0. The first kappa shape index (κ1) is 45.0. The highest BCUT2D eigenvalue weighted by Crippen LogP contribution is 2.33. The van der Waals surface area contributed by atoms with Crippen LogP contribution < -0.4 is 0 Å². The first-order valence-electron chi connectivity index (χ1n) is 22.2. The molecule has 6 unspecified atom stereocenters. The van der Waals surface area contributed by atoms with Crippen LogP contribution in [0.5, 0.6) is 0 Å². The van der Waals surface area contributed by atoms with Gasteiger partial charge in [0.15, 0.2) is 0 Å². The lowest BCUT2D eigenvalue weighted by molar-refractivity contribution is -0.156. The van der Waals surface area contributed by atoms with Crippen LogP contribution in [-0.2, 0) is 28.5 Å². The van der Waals surface area contributed by atoms with Gasteiger partial charge in [-0.05, 0) is 51.4 Å². The molecule has 0 bridgehead atoms. The molecule has 2 rings (SSSR count). The van der Waals surface area contributed by atoms with E-state index in [9.17, 15) is 9.59 Å². The zero-order valence-electron chi connectivity index (χ0n) is 33.5. The number of carbonyl (C=O) groups excluding carboxylic acids is 2. The second kappa shape index (κ2) is 30.3. The smallest absolute Gasteiger partial charge is 0.306 e. The molecule has 6 atom stereocenters. The van der Waals surface area contributed by atoms with Crippen LogP contribution in [-0.4, -0.2) is 49.1 Å². The highest BCUT2D eigenvalue weighted by atomic mass is 16.6. The average molecular weight is 707 g/mol. The topological polar surface area (TPSA) is 77.7 Å². The molecule has 0 spiro atoms. The van der Waals surface area contributed by atoms with E-state index in [-0.39, 0.29) is 24.0 Å². The minimum absolute atomic E-state index is 0.0619. The van der Waals surface area contributed by atoms with Crippen LogP contribution in [0, 0.1) is 5.92 Å². The third kappa shape index (κ3) is 23.4. The molecule has 0 amide bonds. The van der Waals surface area contributed by atoms with Gasteiger partial charge in [-0.2, -0.15) is 0 Å². The van der Waals surface area contributed by atoms with Crippen molar-refractivity contribution in [2.75, 3.05) is 6.61 Å². The van der Waals surface area contributed by atoms with E-state index in [1.165, 1.54) is 141 Å². The van der Waals surface area contributed by atoms with Gasteiger partial charge in [-0.3, -0.25) is 9.59 Å². The van der Waals surface area contributed by atoms with Crippen LogP contribution in [0.4, 0.5) is 0 Å². The van der Waals surface area contributed by atoms with Crippen LogP contribution in [0.15, 0.2) is 0 Å². The summed E-state index contributed by atoms with van der Waals surface area (Å²) < 4.78 is 23.4. The Labute approximate surface area is 309 Å². The Morgan fingerprint density at radius 1 is 0.480 bits per heavy atom. The second-order valence-corrected chi connectivity index (χ2v) is 15.8. The molecule has 0 saturated carbocycles. The van der Waals surface area contributed by atoms with Crippen LogP contribution in [0.3, 0.4) is 0 Å². The van der Waals surface area contributed by atoms with Gasteiger partial charge in [0, 0.05) is 18.8 Å². The standard InChI is InChI=1S/C44H82O6/c1-5-9-11-13-17-23-30-39-41(48-39)32-25-19-15-21-27-34-43(45)47-36-37(8-4)38(29-7-3)50-44(46)35-28-22-16-20-26-33-42-40(49-42)31-24-18-14-12-10-6-2/h37-42H,5-36H2,1-4H3. The number of hydrogen-bond acceptors (Lipinski definition) is 6. The average Bonchev–Trinajstić information content (AvgIpc) is 4.04. The number of epoxide rings is 2. The minimum atomic E-state index is -0.172. The van der Waals surface area contributed by atoms with Crippen molar-refractivity contribution < 1.29 is 28.5 Å². The van der Waals surface area contributed by atoms with Gasteiger partial charge in [-0.25, -0.2) is 0 Å². The lowest BCUT2D eigenvalue weighted by atomic mass is 9.96. The Balaban J connectivity index is 1.42. The molecule has 6 heteroatoms. The molecule has 6 nitrogen and oxygen atoms in total. The van der Waals surface area contributed by atoms with Crippen molar-refractivity contribution in [3.63, 3.8) is 0 Å². The summed E-state index contributed by atoms with van der Waals surface area (Å²) in [5, 5.41) is 0. The summed E-state index contributed by atoms with van der Waals surface area (Å²) in [7, 11) is 0. The van der Waals surface area contributed by atoms with E-state index < -0.39 is 0 Å². The Bertz CT molecular complexity index is 816. The fourth-order valence-corrected chi connectivity index (χ4v) is 7.58. The Kier molecular flexibility index (Phi) is 27.3. The van der Waals surface area contributed by atoms with E-state index >= 15 is 0 Å². The molecule has 294 valence electrons. The third-order valence-electron chi connectivity index (χ3n) is 11.2. The predicted octanol–water partition coefficient (Wildman–Crippen LogP) is 12.8. The van der Waals surface area contributed by atoms with Gasteiger partial charge in [-0.1, -0.05) is 163 Å². The van der Waals surface area contributed by atoms with Crippen molar-refractivity contribution in [1.29, 1.82) is 0 Å². The van der Waals surface area contributed by atoms with Gasteiger partial charge in [0.1, 0.15) is 6.10 Å². The number of ether oxygens (including phenoxy) is 4. The van der Waals surface area contributed by atoms with Gasteiger partial charge in [0.25, 0.3) is 0 Å². The van der Waals surface area contributed by atoms with Crippen LogP contribution in [0.2, 0.25) is 0 Å². The maximum absolute atomic E-state index is 12.7. The highest BCUT2D eigenvalue weighted by molar-refractivity contribution is 5.70. The first-order valence-corrected chi connectivity index (χ1v) is 22.2. The molecule has 0 radical (unpaired) electrons. The summed E-state index contributed by atoms with van der Waals surface area (Å²) in [4.78, 5) is 25.2. The molecule has 0 aliphatic carbocycles. The SMILES string of the molecule is CCCCCCCCC1OC1CCCCCCCC(=O)OCC(CC)C(CCC)OC(=O)CCCCCCCC1OC1CCCCCCCC. The zero-order valence-corrected chi connectivity index (χ0v) is 33.5. The number of carbonyl (C=O) groups is 2. The molecular formula is C44H82O6. The van der Waals surface area contributed by atoms with Crippen LogP contribution in [0.25, 0.3) is 0 Å². The van der Waals surface area contributed by atoms with Crippen molar-refractivity contribution in [3.05, 3.63) is 0 Å². The minimum Gasteiger partial charge on any atom is -0.465 e. The van der Waals surface area contributed by atoms with Crippen molar-refractivity contribution in [1.82, 2.24) is 0 Å². The number of rotatable bonds is 37. The van der Waals surface area contributed by atoms with Gasteiger partial charge in [0.2, 0.25) is 0 Å². The summed E-state index contributed by atoms with van der Waals surface area (Å²) in [6.45, 7) is 9.11. The van der Waals surface area contributed by atoms with Crippen molar-refractivity contribution in [2.24, 2.45) is 5.92 Å². The summed E-state index contributed by atoms with van der Waals surface area (Å²) in [5.74, 6) is -0.152. The second-order valence-electron chi connectivity index (χ2n) is 15.8. The number of esters is 2. The molecule has 2 heterocycles. The van der Waals surface area contributed by atoms with Gasteiger partial charge >= 0.3 is 11.9 Å². The predicted molar refractivity (Wildman–Crippen MR) is 207 cm³/mol. The maximum Gasteiger partial charge on any atom is 0.306 e. The molecule has 2 fully saturated rings. The van der Waals surface area contributed by atoms with Gasteiger partial charge in [0.05, 0.1) is 31.0 Å². The summed E-state index contributed by atoms with van der Waals surface area (Å²) in [6.07, 6.45) is 37.8. The molecule has 50 heavy (non-hydrogen) atoms. The van der Waals surface area contributed by atoms with Crippen molar-refractivity contribution in [2.45, 2.75) is 257 Å². The maximum atomic E-state index is 12.7. The molecule has 2 aliphatic rings. The molecular weight excluding hydrogens is 624 g/mol. The zero-order chi connectivity index (χ0) is 36.1. The molecule has 0 aromatic carbocycles. The fraction of sp³-hybridized carbons (Fsp3) is 0.955. The van der Waals surface area contributed by atoms with Crippen molar-refractivity contribution in [3.8, 4) is 0 Å². The van der Waals surface area contributed by atoms with Crippen LogP contribution >= 0.6 is 0 Å². The largest absolute Gasteiger partial charge is 0.465 e. The fourth-order valence-electron chi connectivity index (χ4n) is 7.58. The number of hydrogen-bond donors (Lipinski definition) is 0. The third-order valence-corrected chi connectivity index (χ3v) is 11.2. The van der Waals surface area contributed by atoms with E-state index in [0.717, 1.165) is 44.9 Å². The molecule has 2 aliphatic heterocycles. The summed E-state index contributed by atoms with van der Waals surface area (Å²) in [5.41, 5.74) is 0. The first-order chi connectivity index (χ1) is 24.5. The van der Waals surface area contributed by atoms with E-state index in [4.69, 9.17) is 18.9 Å². The quantitative estimate of drug-likeness (QED) is 0.0363. The Hall–Kier alpha value is -1.14. The van der Waals surface area contributed by atoms with Gasteiger partial charge in [-0.15, -0.1) is 0 Å². The molecule has 0 aromatic rings. The summed E-state index contributed by atoms with van der Waals surface area (Å²) in [6, 6.07) is 0. The molecule has 2 saturated heterocycles. The van der Waals surface area contributed by atoms with E-state index in [0.29, 0.717) is 43.9 Å². The Morgan fingerprint density at radius 2 is 0.860 bits per heavy atom. The van der Waals surface area contributed by atoms with E-state index in [2.05, 4.69) is 27.7 Å². The van der Waals surface area contributed by atoms with Crippen molar-refractivity contribution >= 4 is 11.9 Å². The normalized spacial score (nSPS) is 20.8. The van der Waals surface area contributed by atoms with Crippen LogP contribution in [0.1, 0.15) is 227 Å². The van der Waals surface area contributed by atoms with Gasteiger partial charge < -0.3 is 18.9 Å². The lowest BCUT2D eigenvalue weighted by Gasteiger charge is -2.26. The Morgan fingerprint density at radius 3 is 1.26 bits per heavy atom.